The number of tetrazole rings is 1. The number of alkyl halides is 3. The second-order valence-electron chi connectivity index (χ2n) is 4.74. The predicted octanol–water partition coefficient (Wildman–Crippen LogP) is 2.81. The van der Waals surface area contributed by atoms with E-state index < -0.39 is 18.0 Å². The molecule has 0 aliphatic rings. The van der Waals surface area contributed by atoms with Gasteiger partial charge in [0, 0.05) is 0 Å². The molecule has 128 valence electrons. The minimum Gasteiger partial charge on any atom is -0.404 e. The molecule has 1 aromatic heterocycles. The lowest BCUT2D eigenvalue weighted by Gasteiger charge is -2.12. The maximum atomic E-state index is 12.4. The molecule has 0 fully saturated rings. The summed E-state index contributed by atoms with van der Waals surface area (Å²) in [5.74, 6) is -1.66. The van der Waals surface area contributed by atoms with Crippen molar-refractivity contribution < 1.29 is 22.7 Å². The molecule has 0 spiro atoms. The average molecular weight is 349 g/mol. The first-order valence-corrected chi connectivity index (χ1v) is 6.94. The Hall–Kier alpha value is -3.43. The zero-order chi connectivity index (χ0) is 17.9. The molecule has 0 radical (unpaired) electrons. The van der Waals surface area contributed by atoms with E-state index in [9.17, 15) is 18.0 Å². The van der Waals surface area contributed by atoms with Gasteiger partial charge in [0.2, 0.25) is 0 Å². The number of hydrogen-bond acceptors (Lipinski definition) is 5. The molecule has 0 aliphatic heterocycles. The fraction of sp³-hybridized carbons (Fsp3) is 0.0667. The fourth-order valence-corrected chi connectivity index (χ4v) is 1.94. The van der Waals surface area contributed by atoms with Crippen molar-refractivity contribution in [2.45, 2.75) is 6.36 Å². The van der Waals surface area contributed by atoms with Crippen LogP contribution in [0.25, 0.3) is 5.69 Å². The van der Waals surface area contributed by atoms with Crippen molar-refractivity contribution in [1.29, 1.82) is 0 Å². The smallest absolute Gasteiger partial charge is 0.404 e. The maximum absolute atomic E-state index is 12.4. The fourth-order valence-electron chi connectivity index (χ4n) is 1.94. The van der Waals surface area contributed by atoms with Crippen molar-refractivity contribution in [3.05, 3.63) is 60.4 Å². The molecule has 3 aromatic rings. The summed E-state index contributed by atoms with van der Waals surface area (Å²) >= 11 is 0. The van der Waals surface area contributed by atoms with Crippen molar-refractivity contribution in [3.63, 3.8) is 0 Å². The van der Waals surface area contributed by atoms with Gasteiger partial charge in [-0.15, -0.1) is 28.2 Å². The van der Waals surface area contributed by atoms with Crippen molar-refractivity contribution in [2.75, 3.05) is 5.32 Å². The van der Waals surface area contributed by atoms with Crippen LogP contribution in [0.4, 0.5) is 18.9 Å². The molecule has 0 unspecified atom stereocenters. The number of amides is 1. The third kappa shape index (κ3) is 4.10. The van der Waals surface area contributed by atoms with Crippen molar-refractivity contribution >= 4 is 11.6 Å². The Kier molecular flexibility index (Phi) is 4.33. The van der Waals surface area contributed by atoms with Gasteiger partial charge in [0.25, 0.3) is 11.7 Å². The molecule has 0 saturated heterocycles. The van der Waals surface area contributed by atoms with Crippen LogP contribution < -0.4 is 10.1 Å². The molecule has 0 aliphatic carbocycles. The van der Waals surface area contributed by atoms with Crippen LogP contribution >= 0.6 is 0 Å². The highest BCUT2D eigenvalue weighted by Gasteiger charge is 2.32. The first-order valence-electron chi connectivity index (χ1n) is 6.94. The largest absolute Gasteiger partial charge is 0.573 e. The number of carbonyl (C=O) groups excluding carboxylic acids is 1. The number of nitrogens with zero attached hydrogens (tertiary/aromatic N) is 4. The minimum absolute atomic E-state index is 0.166. The zero-order valence-electron chi connectivity index (χ0n) is 12.4. The molecule has 0 bridgehead atoms. The molecule has 2 aromatic carbocycles. The van der Waals surface area contributed by atoms with E-state index in [-0.39, 0.29) is 11.5 Å². The summed E-state index contributed by atoms with van der Waals surface area (Å²) in [7, 11) is 0. The van der Waals surface area contributed by atoms with E-state index in [0.717, 1.165) is 10.9 Å². The Morgan fingerprint density at radius 3 is 2.44 bits per heavy atom. The van der Waals surface area contributed by atoms with Crippen molar-refractivity contribution in [2.24, 2.45) is 0 Å². The third-order valence-corrected chi connectivity index (χ3v) is 2.96. The highest BCUT2D eigenvalue weighted by Crippen LogP contribution is 2.30. The zero-order valence-corrected chi connectivity index (χ0v) is 12.4. The summed E-state index contributed by atoms with van der Waals surface area (Å²) in [4.78, 5) is 13.3. The van der Waals surface area contributed by atoms with Gasteiger partial charge < -0.3 is 10.1 Å². The van der Waals surface area contributed by atoms with Gasteiger partial charge in [-0.25, -0.2) is 0 Å². The molecule has 0 atom stereocenters. The molecule has 1 N–H and O–H groups in total. The van der Waals surface area contributed by atoms with E-state index in [4.69, 9.17) is 0 Å². The molecule has 25 heavy (non-hydrogen) atoms. The number of nitrogens with one attached hydrogen (secondary N) is 1. The third-order valence-electron chi connectivity index (χ3n) is 2.96. The van der Waals surface area contributed by atoms with Gasteiger partial charge in [-0.3, -0.25) is 4.79 Å². The number of benzene rings is 2. The van der Waals surface area contributed by atoms with Gasteiger partial charge in [-0.2, -0.15) is 0 Å². The van der Waals surface area contributed by atoms with Crippen LogP contribution in [-0.2, 0) is 0 Å². The van der Waals surface area contributed by atoms with Gasteiger partial charge in [0.1, 0.15) is 0 Å². The van der Waals surface area contributed by atoms with E-state index in [2.05, 4.69) is 25.5 Å². The predicted molar refractivity (Wildman–Crippen MR) is 80.2 cm³/mol. The van der Waals surface area contributed by atoms with E-state index in [1.165, 1.54) is 18.2 Å². The molecular formula is C15H10F3N5O2. The summed E-state index contributed by atoms with van der Waals surface area (Å²) in [6.07, 6.45) is -4.88. The number of ether oxygens (including phenoxy) is 1. The molecule has 7 nitrogen and oxygen atoms in total. The topological polar surface area (TPSA) is 81.9 Å². The highest BCUT2D eigenvalue weighted by atomic mass is 19.4. The minimum atomic E-state index is -4.88. The quantitative estimate of drug-likeness (QED) is 0.783. The first-order chi connectivity index (χ1) is 11.9. The van der Waals surface area contributed by atoms with Gasteiger partial charge in [0.15, 0.2) is 5.75 Å². The summed E-state index contributed by atoms with van der Waals surface area (Å²) in [6, 6.07) is 13.9. The number of rotatable bonds is 4. The van der Waals surface area contributed by atoms with Crippen LogP contribution in [-0.4, -0.2) is 32.5 Å². The lowest BCUT2D eigenvalue weighted by atomic mass is 10.3. The van der Waals surface area contributed by atoms with E-state index in [1.807, 2.05) is 0 Å². The van der Waals surface area contributed by atoms with Gasteiger partial charge >= 0.3 is 6.36 Å². The number of aromatic nitrogens is 4. The Balaban J connectivity index is 1.79. The summed E-state index contributed by atoms with van der Waals surface area (Å²) < 4.78 is 41.1. The average Bonchev–Trinajstić information content (AvgIpc) is 3.06. The molecule has 1 amide bonds. The standard InChI is InChI=1S/C15H10F3N5O2/c16-15(17,18)25-12-9-5-4-8-11(12)19-14(24)13-20-22-23(21-13)10-6-2-1-3-7-10/h1-9H,(H,19,24). The number of halogens is 3. The van der Waals surface area contributed by atoms with Crippen molar-refractivity contribution in [1.82, 2.24) is 20.2 Å². The molecule has 3 rings (SSSR count). The Bertz CT molecular complexity index is 880. The van der Waals surface area contributed by atoms with E-state index in [0.29, 0.717) is 5.69 Å². The maximum Gasteiger partial charge on any atom is 0.573 e. The van der Waals surface area contributed by atoms with Crippen LogP contribution in [0.15, 0.2) is 54.6 Å². The number of para-hydroxylation sites is 3. The molecule has 10 heteroatoms. The SMILES string of the molecule is O=C(Nc1ccccc1OC(F)(F)F)c1nnn(-c2ccccc2)n1. The van der Waals surface area contributed by atoms with Crippen LogP contribution in [0.2, 0.25) is 0 Å². The van der Waals surface area contributed by atoms with Crippen LogP contribution in [0, 0.1) is 0 Å². The lowest BCUT2D eigenvalue weighted by Crippen LogP contribution is -2.20. The number of carbonyl (C=O) groups is 1. The van der Waals surface area contributed by atoms with Gasteiger partial charge in [-0.1, -0.05) is 30.3 Å². The second kappa shape index (κ2) is 6.59. The van der Waals surface area contributed by atoms with Gasteiger partial charge in [-0.05, 0) is 29.5 Å². The Labute approximate surface area is 139 Å². The number of anilines is 1. The molecule has 0 saturated carbocycles. The monoisotopic (exact) mass is 349 g/mol. The second-order valence-corrected chi connectivity index (χ2v) is 4.74. The Morgan fingerprint density at radius 1 is 1.04 bits per heavy atom. The van der Waals surface area contributed by atoms with Gasteiger partial charge in [0.05, 0.1) is 11.4 Å². The number of hydrogen-bond donors (Lipinski definition) is 1. The lowest BCUT2D eigenvalue weighted by molar-refractivity contribution is -0.274. The molecular weight excluding hydrogens is 339 g/mol. The Morgan fingerprint density at radius 2 is 1.72 bits per heavy atom. The van der Waals surface area contributed by atoms with Crippen LogP contribution in [0.1, 0.15) is 10.6 Å². The van der Waals surface area contributed by atoms with E-state index in [1.54, 1.807) is 30.3 Å². The van der Waals surface area contributed by atoms with E-state index >= 15 is 0 Å². The normalized spacial score (nSPS) is 11.2. The first kappa shape index (κ1) is 16.4. The summed E-state index contributed by atoms with van der Waals surface area (Å²) in [5, 5.41) is 13.5. The highest BCUT2D eigenvalue weighted by molar-refractivity contribution is 6.02. The van der Waals surface area contributed by atoms with Crippen molar-refractivity contribution in [3.8, 4) is 11.4 Å². The van der Waals surface area contributed by atoms with Crippen LogP contribution in [0.5, 0.6) is 5.75 Å². The molecule has 1 heterocycles. The summed E-state index contributed by atoms with van der Waals surface area (Å²) in [6.45, 7) is 0. The van der Waals surface area contributed by atoms with Crippen LogP contribution in [0.3, 0.4) is 0 Å². The summed E-state index contributed by atoms with van der Waals surface area (Å²) in [5.41, 5.74) is 0.413.